The molecule has 1 rings (SSSR count). The van der Waals surface area contributed by atoms with Gasteiger partial charge in [0.25, 0.3) is 0 Å². The molecule has 0 amide bonds. The fraction of sp³-hybridized carbons (Fsp3) is 0.364. The number of rotatable bonds is 3. The second kappa shape index (κ2) is 5.38. The van der Waals surface area contributed by atoms with Gasteiger partial charge in [-0.25, -0.2) is 0 Å². The van der Waals surface area contributed by atoms with Crippen LogP contribution in [0.25, 0.3) is 0 Å². The van der Waals surface area contributed by atoms with Gasteiger partial charge < -0.3 is 4.74 Å². The van der Waals surface area contributed by atoms with Crippen LogP contribution in [0.3, 0.4) is 0 Å². The number of carbonyl (C=O) groups is 1. The number of alkyl halides is 1. The highest BCUT2D eigenvalue weighted by Crippen LogP contribution is 2.20. The van der Waals surface area contributed by atoms with Crippen molar-refractivity contribution in [3.05, 3.63) is 34.3 Å². The molecule has 0 heterocycles. The molecule has 0 radical (unpaired) electrons. The van der Waals surface area contributed by atoms with Crippen LogP contribution in [0.2, 0.25) is 5.02 Å². The van der Waals surface area contributed by atoms with Crippen molar-refractivity contribution < 1.29 is 9.53 Å². The van der Waals surface area contributed by atoms with Gasteiger partial charge in [-0.1, -0.05) is 23.7 Å². The normalized spacial score (nSPS) is 12.3. The highest BCUT2D eigenvalue weighted by atomic mass is 35.5. The van der Waals surface area contributed by atoms with E-state index in [1.165, 1.54) is 7.11 Å². The van der Waals surface area contributed by atoms with Gasteiger partial charge in [0.1, 0.15) is 5.38 Å². The second-order valence-corrected chi connectivity index (χ2v) is 4.22. The second-order valence-electron chi connectivity index (χ2n) is 3.29. The smallest absolute Gasteiger partial charge is 0.324 e. The Labute approximate surface area is 99.1 Å². The number of esters is 1. The topological polar surface area (TPSA) is 26.3 Å². The quantitative estimate of drug-likeness (QED) is 0.606. The van der Waals surface area contributed by atoms with Crippen molar-refractivity contribution in [2.45, 2.75) is 18.7 Å². The van der Waals surface area contributed by atoms with Crippen molar-refractivity contribution in [2.75, 3.05) is 7.11 Å². The number of methoxy groups -OCH3 is 1. The summed E-state index contributed by atoms with van der Waals surface area (Å²) < 4.78 is 4.53. The molecule has 0 spiro atoms. The maximum Gasteiger partial charge on any atom is 0.324 e. The van der Waals surface area contributed by atoms with Crippen molar-refractivity contribution >= 4 is 29.2 Å². The SMILES string of the molecule is COC(=O)C(Cl)Cc1ccc(C)cc1Cl. The van der Waals surface area contributed by atoms with Crippen molar-refractivity contribution in [2.24, 2.45) is 0 Å². The first kappa shape index (κ1) is 12.3. The van der Waals surface area contributed by atoms with Crippen LogP contribution in [-0.4, -0.2) is 18.5 Å². The third-order valence-corrected chi connectivity index (χ3v) is 2.75. The predicted octanol–water partition coefficient (Wildman–Crippen LogP) is 2.97. The Bertz CT molecular complexity index is 364. The Morgan fingerprint density at radius 3 is 2.73 bits per heavy atom. The minimum absolute atomic E-state index is 0.382. The number of benzene rings is 1. The Balaban J connectivity index is 2.76. The van der Waals surface area contributed by atoms with E-state index in [0.717, 1.165) is 11.1 Å². The lowest BCUT2D eigenvalue weighted by Crippen LogP contribution is -2.18. The van der Waals surface area contributed by atoms with Crippen LogP contribution in [0.15, 0.2) is 18.2 Å². The fourth-order valence-electron chi connectivity index (χ4n) is 1.22. The van der Waals surface area contributed by atoms with Gasteiger partial charge in [0.15, 0.2) is 0 Å². The van der Waals surface area contributed by atoms with Crippen LogP contribution in [0.4, 0.5) is 0 Å². The van der Waals surface area contributed by atoms with Crippen LogP contribution in [0.5, 0.6) is 0 Å². The lowest BCUT2D eigenvalue weighted by Gasteiger charge is -2.09. The summed E-state index contributed by atoms with van der Waals surface area (Å²) in [5.74, 6) is -0.437. The van der Waals surface area contributed by atoms with E-state index in [4.69, 9.17) is 23.2 Å². The predicted molar refractivity (Wildman–Crippen MR) is 61.6 cm³/mol. The first-order chi connectivity index (χ1) is 7.04. The van der Waals surface area contributed by atoms with E-state index in [1.807, 2.05) is 25.1 Å². The molecule has 0 aliphatic rings. The number of ether oxygens (including phenoxy) is 1. The third-order valence-electron chi connectivity index (χ3n) is 2.06. The van der Waals surface area contributed by atoms with Gasteiger partial charge in [-0.2, -0.15) is 0 Å². The van der Waals surface area contributed by atoms with E-state index < -0.39 is 11.3 Å². The average Bonchev–Trinajstić information content (AvgIpc) is 2.20. The molecule has 0 saturated heterocycles. The fourth-order valence-corrected chi connectivity index (χ4v) is 1.79. The lowest BCUT2D eigenvalue weighted by molar-refractivity contribution is -0.140. The van der Waals surface area contributed by atoms with Crippen LogP contribution in [0, 0.1) is 6.92 Å². The molecular weight excluding hydrogens is 235 g/mol. The van der Waals surface area contributed by atoms with E-state index in [-0.39, 0.29) is 0 Å². The number of carbonyl (C=O) groups excluding carboxylic acids is 1. The van der Waals surface area contributed by atoms with Gasteiger partial charge in [0.05, 0.1) is 7.11 Å². The molecule has 15 heavy (non-hydrogen) atoms. The van der Waals surface area contributed by atoms with Crippen LogP contribution < -0.4 is 0 Å². The zero-order chi connectivity index (χ0) is 11.4. The number of aryl methyl sites for hydroxylation is 1. The molecule has 1 aromatic rings. The molecule has 0 saturated carbocycles. The molecule has 0 aliphatic heterocycles. The van der Waals surface area contributed by atoms with E-state index in [9.17, 15) is 4.79 Å². The van der Waals surface area contributed by atoms with Gasteiger partial charge in [-0.15, -0.1) is 11.6 Å². The number of hydrogen-bond donors (Lipinski definition) is 0. The van der Waals surface area contributed by atoms with Gasteiger partial charge in [-0.3, -0.25) is 4.79 Å². The molecule has 0 aliphatic carbocycles. The Morgan fingerprint density at radius 1 is 1.53 bits per heavy atom. The van der Waals surface area contributed by atoms with Crippen molar-refractivity contribution in [3.8, 4) is 0 Å². The summed E-state index contributed by atoms with van der Waals surface area (Å²) >= 11 is 11.9. The maximum absolute atomic E-state index is 11.1. The summed E-state index contributed by atoms with van der Waals surface area (Å²) in [6.45, 7) is 1.95. The Morgan fingerprint density at radius 2 is 2.20 bits per heavy atom. The minimum atomic E-state index is -0.685. The highest BCUT2D eigenvalue weighted by molar-refractivity contribution is 6.32. The van der Waals surface area contributed by atoms with Gasteiger partial charge in [0, 0.05) is 11.4 Å². The molecule has 1 unspecified atom stereocenters. The molecule has 0 fully saturated rings. The Hall–Kier alpha value is -0.730. The summed E-state index contributed by atoms with van der Waals surface area (Å²) in [5, 5.41) is -0.0558. The number of hydrogen-bond acceptors (Lipinski definition) is 2. The molecule has 1 atom stereocenters. The highest BCUT2D eigenvalue weighted by Gasteiger charge is 2.17. The molecule has 2 nitrogen and oxygen atoms in total. The van der Waals surface area contributed by atoms with Crippen molar-refractivity contribution in [1.29, 1.82) is 0 Å². The van der Waals surface area contributed by atoms with E-state index in [2.05, 4.69) is 4.74 Å². The summed E-state index contributed by atoms with van der Waals surface area (Å²) in [7, 11) is 1.31. The molecular formula is C11H12Cl2O2. The van der Waals surface area contributed by atoms with Gasteiger partial charge in [-0.05, 0) is 24.1 Å². The summed E-state index contributed by atoms with van der Waals surface area (Å²) in [6, 6.07) is 5.65. The molecule has 0 N–H and O–H groups in total. The molecule has 0 bridgehead atoms. The Kier molecular flexibility index (Phi) is 4.43. The maximum atomic E-state index is 11.1. The molecule has 0 aromatic heterocycles. The molecule has 82 valence electrons. The first-order valence-corrected chi connectivity index (χ1v) is 5.33. The first-order valence-electron chi connectivity index (χ1n) is 4.51. The summed E-state index contributed by atoms with van der Waals surface area (Å²) in [5.41, 5.74) is 1.93. The van der Waals surface area contributed by atoms with Crippen molar-refractivity contribution in [1.82, 2.24) is 0 Å². The average molecular weight is 247 g/mol. The third kappa shape index (κ3) is 3.40. The molecule has 4 heteroatoms. The van der Waals surface area contributed by atoms with Crippen LogP contribution >= 0.6 is 23.2 Å². The lowest BCUT2D eigenvalue weighted by atomic mass is 10.1. The summed E-state index contributed by atoms with van der Waals surface area (Å²) in [4.78, 5) is 11.1. The van der Waals surface area contributed by atoms with Gasteiger partial charge >= 0.3 is 5.97 Å². The van der Waals surface area contributed by atoms with Crippen LogP contribution in [-0.2, 0) is 16.0 Å². The zero-order valence-electron chi connectivity index (χ0n) is 8.59. The van der Waals surface area contributed by atoms with E-state index in [1.54, 1.807) is 0 Å². The molecule has 1 aromatic carbocycles. The largest absolute Gasteiger partial charge is 0.468 e. The van der Waals surface area contributed by atoms with Gasteiger partial charge in [0.2, 0.25) is 0 Å². The minimum Gasteiger partial charge on any atom is -0.468 e. The standard InChI is InChI=1S/C11H12Cl2O2/c1-7-3-4-8(9(12)5-7)6-10(13)11(14)15-2/h3-5,10H,6H2,1-2H3. The monoisotopic (exact) mass is 246 g/mol. The van der Waals surface area contributed by atoms with Crippen molar-refractivity contribution in [3.63, 3.8) is 0 Å². The summed E-state index contributed by atoms with van der Waals surface area (Å²) in [6.07, 6.45) is 0.382. The van der Waals surface area contributed by atoms with E-state index in [0.29, 0.717) is 11.4 Å². The zero-order valence-corrected chi connectivity index (χ0v) is 10.1. The van der Waals surface area contributed by atoms with Crippen LogP contribution in [0.1, 0.15) is 11.1 Å². The number of halogens is 2. The van der Waals surface area contributed by atoms with E-state index >= 15 is 0 Å².